The van der Waals surface area contributed by atoms with Crippen LogP contribution < -0.4 is 15.0 Å². The summed E-state index contributed by atoms with van der Waals surface area (Å²) < 4.78 is 5.85. The highest BCUT2D eigenvalue weighted by Gasteiger charge is 2.50. The number of hydrogen-bond acceptors (Lipinski definition) is 4. The van der Waals surface area contributed by atoms with Crippen LogP contribution in [0.3, 0.4) is 0 Å². The van der Waals surface area contributed by atoms with E-state index in [0.717, 1.165) is 16.3 Å². The lowest BCUT2D eigenvalue weighted by molar-refractivity contribution is -0.144. The summed E-state index contributed by atoms with van der Waals surface area (Å²) in [7, 11) is 0. The molecule has 0 fully saturated rings. The minimum atomic E-state index is -1.63. The van der Waals surface area contributed by atoms with E-state index in [0.29, 0.717) is 23.0 Å². The standard InChI is InChI=1S/C18H15ClN2O3S/c1-18(16(22)20-12-10-11(19)6-7-14(12)24-18)17(23)21-8-9-25-15-5-3-2-4-13(15)21/h2-7,10H,8-9H2,1H3,(H,20,22). The van der Waals surface area contributed by atoms with Gasteiger partial charge in [0.05, 0.1) is 11.4 Å². The van der Waals surface area contributed by atoms with E-state index in [1.54, 1.807) is 34.9 Å². The average Bonchev–Trinajstić information content (AvgIpc) is 2.62. The Morgan fingerprint density at radius 2 is 2.12 bits per heavy atom. The zero-order valence-corrected chi connectivity index (χ0v) is 15.0. The Morgan fingerprint density at radius 1 is 1.32 bits per heavy atom. The van der Waals surface area contributed by atoms with E-state index in [-0.39, 0.29) is 5.91 Å². The van der Waals surface area contributed by atoms with Gasteiger partial charge in [-0.1, -0.05) is 23.7 Å². The number of ether oxygens (including phenoxy) is 1. The first kappa shape index (κ1) is 16.3. The van der Waals surface area contributed by atoms with Crippen LogP contribution in [0.5, 0.6) is 5.75 Å². The number of carbonyl (C=O) groups excluding carboxylic acids is 2. The second kappa shape index (κ2) is 5.97. The zero-order chi connectivity index (χ0) is 17.6. The van der Waals surface area contributed by atoms with Gasteiger partial charge >= 0.3 is 0 Å². The highest BCUT2D eigenvalue weighted by atomic mass is 35.5. The van der Waals surface area contributed by atoms with Crippen molar-refractivity contribution in [2.24, 2.45) is 0 Å². The van der Waals surface area contributed by atoms with E-state index in [1.165, 1.54) is 6.92 Å². The van der Waals surface area contributed by atoms with Crippen LogP contribution in [0.25, 0.3) is 0 Å². The summed E-state index contributed by atoms with van der Waals surface area (Å²) in [4.78, 5) is 28.5. The number of halogens is 1. The number of amides is 2. The zero-order valence-electron chi connectivity index (χ0n) is 13.4. The molecule has 0 radical (unpaired) electrons. The van der Waals surface area contributed by atoms with Crippen molar-refractivity contribution in [1.29, 1.82) is 0 Å². The molecule has 7 heteroatoms. The second-order valence-electron chi connectivity index (χ2n) is 6.00. The number of para-hydroxylation sites is 1. The van der Waals surface area contributed by atoms with E-state index >= 15 is 0 Å². The smallest absolute Gasteiger partial charge is 0.280 e. The summed E-state index contributed by atoms with van der Waals surface area (Å²) in [6.07, 6.45) is 0. The average molecular weight is 375 g/mol. The van der Waals surface area contributed by atoms with Crippen molar-refractivity contribution in [3.63, 3.8) is 0 Å². The molecule has 1 unspecified atom stereocenters. The lowest BCUT2D eigenvalue weighted by atomic mass is 10.00. The number of thioether (sulfide) groups is 1. The van der Waals surface area contributed by atoms with Crippen LogP contribution in [0.1, 0.15) is 6.92 Å². The van der Waals surface area contributed by atoms with Gasteiger partial charge in [-0.3, -0.25) is 9.59 Å². The van der Waals surface area contributed by atoms with E-state index in [2.05, 4.69) is 5.32 Å². The van der Waals surface area contributed by atoms with Crippen LogP contribution in [0.15, 0.2) is 47.4 Å². The first-order valence-electron chi connectivity index (χ1n) is 7.83. The van der Waals surface area contributed by atoms with Gasteiger partial charge in [-0.2, -0.15) is 0 Å². The summed E-state index contributed by atoms with van der Waals surface area (Å²) >= 11 is 7.65. The SMILES string of the molecule is CC1(C(=O)N2CCSc3ccccc32)Oc2ccc(Cl)cc2NC1=O. The van der Waals surface area contributed by atoms with Crippen molar-refractivity contribution < 1.29 is 14.3 Å². The van der Waals surface area contributed by atoms with E-state index in [4.69, 9.17) is 16.3 Å². The van der Waals surface area contributed by atoms with E-state index in [1.807, 2.05) is 24.3 Å². The highest BCUT2D eigenvalue weighted by Crippen LogP contribution is 2.39. The fraction of sp³-hybridized carbons (Fsp3) is 0.222. The van der Waals surface area contributed by atoms with Crippen LogP contribution in [-0.2, 0) is 9.59 Å². The fourth-order valence-electron chi connectivity index (χ4n) is 2.98. The van der Waals surface area contributed by atoms with Gasteiger partial charge in [-0.05, 0) is 37.3 Å². The van der Waals surface area contributed by atoms with Crippen LogP contribution in [-0.4, -0.2) is 29.7 Å². The van der Waals surface area contributed by atoms with Crippen LogP contribution >= 0.6 is 23.4 Å². The largest absolute Gasteiger partial charge is 0.465 e. The Bertz CT molecular complexity index is 888. The first-order chi connectivity index (χ1) is 12.0. The monoisotopic (exact) mass is 374 g/mol. The first-order valence-corrected chi connectivity index (χ1v) is 9.19. The molecule has 0 bridgehead atoms. The minimum absolute atomic E-state index is 0.377. The van der Waals surface area contributed by atoms with Crippen molar-refractivity contribution in [3.05, 3.63) is 47.5 Å². The van der Waals surface area contributed by atoms with Gasteiger partial charge in [0, 0.05) is 22.2 Å². The third kappa shape index (κ3) is 2.65. The molecule has 0 aliphatic carbocycles. The molecule has 0 aromatic heterocycles. The van der Waals surface area contributed by atoms with Crippen molar-refractivity contribution in [2.75, 3.05) is 22.5 Å². The number of carbonyl (C=O) groups is 2. The molecule has 1 N–H and O–H groups in total. The second-order valence-corrected chi connectivity index (χ2v) is 7.58. The third-order valence-electron chi connectivity index (χ3n) is 4.32. The maximum atomic E-state index is 13.2. The van der Waals surface area contributed by atoms with Crippen LogP contribution in [0.2, 0.25) is 5.02 Å². The maximum Gasteiger partial charge on any atom is 0.280 e. The van der Waals surface area contributed by atoms with Gasteiger partial charge in [-0.25, -0.2) is 0 Å². The number of rotatable bonds is 1. The molecule has 0 saturated heterocycles. The predicted molar refractivity (Wildman–Crippen MR) is 98.6 cm³/mol. The lowest BCUT2D eigenvalue weighted by Gasteiger charge is -2.38. The lowest BCUT2D eigenvalue weighted by Crippen LogP contribution is -2.60. The Hall–Kier alpha value is -2.18. The number of nitrogens with zero attached hydrogens (tertiary/aromatic N) is 1. The molecule has 5 nitrogen and oxygen atoms in total. The van der Waals surface area contributed by atoms with Crippen molar-refractivity contribution >= 4 is 46.6 Å². The van der Waals surface area contributed by atoms with Crippen LogP contribution in [0, 0.1) is 0 Å². The van der Waals surface area contributed by atoms with Gasteiger partial charge in [0.1, 0.15) is 5.75 Å². The van der Waals surface area contributed by atoms with Crippen LogP contribution in [0.4, 0.5) is 11.4 Å². The molecule has 25 heavy (non-hydrogen) atoms. The Kier molecular flexibility index (Phi) is 3.89. The highest BCUT2D eigenvalue weighted by molar-refractivity contribution is 7.99. The Morgan fingerprint density at radius 3 is 2.96 bits per heavy atom. The number of benzene rings is 2. The summed E-state index contributed by atoms with van der Waals surface area (Å²) in [6, 6.07) is 12.6. The van der Waals surface area contributed by atoms with Gasteiger partial charge < -0.3 is 15.0 Å². The molecule has 2 aliphatic rings. The van der Waals surface area contributed by atoms with Crippen molar-refractivity contribution in [1.82, 2.24) is 0 Å². The fourth-order valence-corrected chi connectivity index (χ4v) is 4.14. The minimum Gasteiger partial charge on any atom is -0.465 e. The number of nitrogens with one attached hydrogen (secondary N) is 1. The Balaban J connectivity index is 1.71. The summed E-state index contributed by atoms with van der Waals surface area (Å²) in [5.41, 5.74) is -0.351. The number of hydrogen-bond donors (Lipinski definition) is 1. The molecular weight excluding hydrogens is 360 g/mol. The van der Waals surface area contributed by atoms with E-state index < -0.39 is 11.5 Å². The van der Waals surface area contributed by atoms with E-state index in [9.17, 15) is 9.59 Å². The molecule has 2 heterocycles. The Labute approximate surface area is 154 Å². The normalized spacial score (nSPS) is 21.7. The van der Waals surface area contributed by atoms with Gasteiger partial charge in [0.15, 0.2) is 0 Å². The van der Waals surface area contributed by atoms with Crippen molar-refractivity contribution in [2.45, 2.75) is 17.4 Å². The summed E-state index contributed by atoms with van der Waals surface area (Å²) in [5.74, 6) is 0.327. The molecule has 1 atom stereocenters. The molecule has 2 aromatic carbocycles. The van der Waals surface area contributed by atoms with Gasteiger partial charge in [0.2, 0.25) is 0 Å². The molecule has 0 saturated carbocycles. The maximum absolute atomic E-state index is 13.2. The molecule has 2 aromatic rings. The summed E-state index contributed by atoms with van der Waals surface area (Å²) in [5, 5.41) is 3.22. The predicted octanol–water partition coefficient (Wildman–Crippen LogP) is 3.57. The number of fused-ring (bicyclic) bond motifs is 2. The summed E-state index contributed by atoms with van der Waals surface area (Å²) in [6.45, 7) is 2.03. The van der Waals surface area contributed by atoms with Gasteiger partial charge in [-0.15, -0.1) is 11.8 Å². The number of anilines is 2. The molecule has 128 valence electrons. The molecular formula is C18H15ClN2O3S. The molecule has 2 aliphatic heterocycles. The van der Waals surface area contributed by atoms with Gasteiger partial charge in [0.25, 0.3) is 17.4 Å². The van der Waals surface area contributed by atoms with Crippen molar-refractivity contribution in [3.8, 4) is 5.75 Å². The molecule has 0 spiro atoms. The quantitative estimate of drug-likeness (QED) is 0.775. The topological polar surface area (TPSA) is 58.6 Å². The molecule has 2 amide bonds. The third-order valence-corrected chi connectivity index (χ3v) is 5.60. The molecule has 4 rings (SSSR count).